The number of aliphatic hydroxyl groups is 1. The molecule has 2 N–H and O–H groups in total. The van der Waals surface area contributed by atoms with Crippen LogP contribution in [0.15, 0.2) is 18.2 Å². The largest absolute Gasteiger partial charge is 0.508 e. The van der Waals surface area contributed by atoms with E-state index in [9.17, 15) is 10.2 Å². The maximum Gasteiger partial charge on any atom is 0.117 e. The minimum Gasteiger partial charge on any atom is -0.508 e. The minimum atomic E-state index is 0.278. The Morgan fingerprint density at radius 3 is 3.00 bits per heavy atom. The van der Waals surface area contributed by atoms with Crippen molar-refractivity contribution in [3.63, 3.8) is 0 Å². The monoisotopic (exact) mass is 248 g/mol. The number of fused-ring (bicyclic) bond motifs is 3. The highest BCUT2D eigenvalue weighted by Gasteiger charge is 2.28. The van der Waals surface area contributed by atoms with Crippen molar-refractivity contribution >= 4 is 21.4 Å². The van der Waals surface area contributed by atoms with Gasteiger partial charge in [0, 0.05) is 16.2 Å². The molecule has 0 bridgehead atoms. The third-order valence-corrected chi connectivity index (χ3v) is 5.32. The number of aromatic hydroxyl groups is 1. The molecule has 17 heavy (non-hydrogen) atoms. The molecule has 1 aliphatic rings. The van der Waals surface area contributed by atoms with Gasteiger partial charge in [-0.1, -0.05) is 6.92 Å². The quantitative estimate of drug-likeness (QED) is 0.813. The van der Waals surface area contributed by atoms with E-state index in [2.05, 4.69) is 6.92 Å². The summed E-state index contributed by atoms with van der Waals surface area (Å²) in [6.07, 6.45) is 2.12. The predicted molar refractivity (Wildman–Crippen MR) is 70.8 cm³/mol. The zero-order valence-electron chi connectivity index (χ0n) is 9.81. The fourth-order valence-corrected chi connectivity index (χ4v) is 4.26. The van der Waals surface area contributed by atoms with E-state index in [0.29, 0.717) is 17.6 Å². The van der Waals surface area contributed by atoms with Crippen LogP contribution in [0.2, 0.25) is 0 Å². The number of aryl methyl sites for hydroxylation is 1. The molecule has 90 valence electrons. The fourth-order valence-electron chi connectivity index (χ4n) is 2.83. The first-order chi connectivity index (χ1) is 8.20. The van der Waals surface area contributed by atoms with Crippen LogP contribution < -0.4 is 0 Å². The third kappa shape index (κ3) is 1.65. The van der Waals surface area contributed by atoms with E-state index in [1.165, 1.54) is 20.5 Å². The van der Waals surface area contributed by atoms with Crippen LogP contribution in [0.25, 0.3) is 10.1 Å². The number of hydrogen-bond acceptors (Lipinski definition) is 3. The molecular formula is C14H16O2S. The van der Waals surface area contributed by atoms with Gasteiger partial charge in [0.25, 0.3) is 0 Å². The molecule has 3 rings (SSSR count). The SMILES string of the molecule is C[C@H]1c2sc3cc(O)ccc3c2CC[C@@H]1CO. The number of phenols is 1. The molecule has 1 heterocycles. The standard InChI is InChI=1S/C14H16O2S/c1-8-9(7-15)2-4-12-11-5-3-10(16)6-13(11)17-14(8)12/h3,5-6,8-9,15-16H,2,4,7H2,1H3/t8-,9-/m1/s1. The van der Waals surface area contributed by atoms with Crippen LogP contribution in [-0.2, 0) is 6.42 Å². The van der Waals surface area contributed by atoms with Crippen LogP contribution in [0.4, 0.5) is 0 Å². The maximum absolute atomic E-state index is 9.52. The van der Waals surface area contributed by atoms with E-state index in [0.717, 1.165) is 12.8 Å². The highest BCUT2D eigenvalue weighted by Crippen LogP contribution is 2.45. The lowest BCUT2D eigenvalue weighted by atomic mass is 9.80. The Bertz CT molecular complexity index is 559. The first-order valence-corrected chi connectivity index (χ1v) is 6.87. The van der Waals surface area contributed by atoms with Gasteiger partial charge < -0.3 is 10.2 Å². The summed E-state index contributed by atoms with van der Waals surface area (Å²) in [5.74, 6) is 1.16. The van der Waals surface area contributed by atoms with Gasteiger partial charge in [-0.15, -0.1) is 11.3 Å². The zero-order chi connectivity index (χ0) is 12.0. The van der Waals surface area contributed by atoms with E-state index in [1.54, 1.807) is 17.4 Å². The molecule has 2 atom stereocenters. The summed E-state index contributed by atoms with van der Waals surface area (Å²) in [7, 11) is 0. The molecule has 0 fully saturated rings. The second-order valence-electron chi connectivity index (χ2n) is 4.90. The first-order valence-electron chi connectivity index (χ1n) is 6.06. The summed E-state index contributed by atoms with van der Waals surface area (Å²) in [6.45, 7) is 2.48. The molecule has 0 saturated carbocycles. The van der Waals surface area contributed by atoms with Crippen LogP contribution in [0.5, 0.6) is 5.75 Å². The minimum absolute atomic E-state index is 0.278. The fraction of sp³-hybridized carbons (Fsp3) is 0.429. The van der Waals surface area contributed by atoms with Crippen molar-refractivity contribution in [1.29, 1.82) is 0 Å². The Morgan fingerprint density at radius 1 is 1.41 bits per heavy atom. The number of phenolic OH excluding ortho intramolecular Hbond substituents is 1. The van der Waals surface area contributed by atoms with E-state index >= 15 is 0 Å². The lowest BCUT2D eigenvalue weighted by Gasteiger charge is -2.27. The molecule has 2 aromatic rings. The molecule has 0 spiro atoms. The van der Waals surface area contributed by atoms with Crippen molar-refractivity contribution in [3.05, 3.63) is 28.6 Å². The van der Waals surface area contributed by atoms with Crippen LogP contribution >= 0.6 is 11.3 Å². The zero-order valence-corrected chi connectivity index (χ0v) is 10.6. The van der Waals surface area contributed by atoms with Crippen LogP contribution in [0, 0.1) is 5.92 Å². The molecule has 0 amide bonds. The van der Waals surface area contributed by atoms with Gasteiger partial charge in [0.2, 0.25) is 0 Å². The van der Waals surface area contributed by atoms with Gasteiger partial charge in [-0.3, -0.25) is 0 Å². The van der Waals surface area contributed by atoms with Crippen molar-refractivity contribution < 1.29 is 10.2 Å². The van der Waals surface area contributed by atoms with Crippen LogP contribution in [0.1, 0.15) is 29.7 Å². The number of hydrogen-bond donors (Lipinski definition) is 2. The van der Waals surface area contributed by atoms with Gasteiger partial charge in [-0.25, -0.2) is 0 Å². The second kappa shape index (κ2) is 4.00. The lowest BCUT2D eigenvalue weighted by molar-refractivity contribution is 0.195. The highest BCUT2D eigenvalue weighted by atomic mass is 32.1. The predicted octanol–water partition coefficient (Wildman–Crippen LogP) is 3.27. The van der Waals surface area contributed by atoms with E-state index in [-0.39, 0.29) is 6.61 Å². The first kappa shape index (κ1) is 11.1. The topological polar surface area (TPSA) is 40.5 Å². The maximum atomic E-state index is 9.52. The van der Waals surface area contributed by atoms with Gasteiger partial charge in [0.05, 0.1) is 0 Å². The number of thiophene rings is 1. The van der Waals surface area contributed by atoms with Crippen molar-refractivity contribution in [3.8, 4) is 5.75 Å². The lowest BCUT2D eigenvalue weighted by Crippen LogP contribution is -2.19. The molecule has 1 aromatic carbocycles. The Morgan fingerprint density at radius 2 is 2.24 bits per heavy atom. The summed E-state index contributed by atoms with van der Waals surface area (Å²) < 4.78 is 1.17. The third-order valence-electron chi connectivity index (χ3n) is 3.93. The van der Waals surface area contributed by atoms with Crippen molar-refractivity contribution in [2.45, 2.75) is 25.7 Å². The van der Waals surface area contributed by atoms with Crippen LogP contribution in [-0.4, -0.2) is 16.8 Å². The number of aliphatic hydroxyl groups excluding tert-OH is 1. The Balaban J connectivity index is 2.17. The number of rotatable bonds is 1. The summed E-state index contributed by atoms with van der Waals surface area (Å²) in [5, 5.41) is 20.2. The smallest absolute Gasteiger partial charge is 0.117 e. The Kier molecular flexibility index (Phi) is 2.60. The average molecular weight is 248 g/mol. The summed E-state index contributed by atoms with van der Waals surface area (Å²) in [6, 6.07) is 5.63. The number of benzene rings is 1. The second-order valence-corrected chi connectivity index (χ2v) is 5.98. The van der Waals surface area contributed by atoms with Gasteiger partial charge in [-0.2, -0.15) is 0 Å². The summed E-state index contributed by atoms with van der Waals surface area (Å²) >= 11 is 1.77. The highest BCUT2D eigenvalue weighted by molar-refractivity contribution is 7.19. The van der Waals surface area contributed by atoms with Crippen molar-refractivity contribution in [2.75, 3.05) is 6.61 Å². The van der Waals surface area contributed by atoms with Gasteiger partial charge in [-0.05, 0) is 53.8 Å². The van der Waals surface area contributed by atoms with Crippen LogP contribution in [0.3, 0.4) is 0 Å². The Hall–Kier alpha value is -1.06. The molecule has 0 radical (unpaired) electrons. The molecule has 0 saturated heterocycles. The molecule has 3 heteroatoms. The van der Waals surface area contributed by atoms with Crippen molar-refractivity contribution in [1.82, 2.24) is 0 Å². The van der Waals surface area contributed by atoms with Gasteiger partial charge in [0.1, 0.15) is 5.75 Å². The normalized spacial score (nSPS) is 23.9. The van der Waals surface area contributed by atoms with E-state index < -0.39 is 0 Å². The average Bonchev–Trinajstić information content (AvgIpc) is 2.68. The molecular weight excluding hydrogens is 232 g/mol. The van der Waals surface area contributed by atoms with Gasteiger partial charge in [0.15, 0.2) is 0 Å². The molecule has 1 aromatic heterocycles. The summed E-state index contributed by atoms with van der Waals surface area (Å²) in [5.41, 5.74) is 1.43. The van der Waals surface area contributed by atoms with E-state index in [1.807, 2.05) is 12.1 Å². The molecule has 0 unspecified atom stereocenters. The molecule has 0 aliphatic heterocycles. The molecule has 1 aliphatic carbocycles. The summed E-state index contributed by atoms with van der Waals surface area (Å²) in [4.78, 5) is 1.40. The van der Waals surface area contributed by atoms with Crippen molar-refractivity contribution in [2.24, 2.45) is 5.92 Å². The Labute approximate surface area is 105 Å². The molecule has 2 nitrogen and oxygen atoms in total. The van der Waals surface area contributed by atoms with E-state index in [4.69, 9.17) is 0 Å². The van der Waals surface area contributed by atoms with Gasteiger partial charge >= 0.3 is 0 Å².